The number of nitrogens with zero attached hydrogens (tertiary/aromatic N) is 3. The fraction of sp³-hybridized carbons (Fsp3) is 0.125. The smallest absolute Gasteiger partial charge is 0.261 e. The fourth-order valence-electron chi connectivity index (χ4n) is 3.78. The van der Waals surface area contributed by atoms with Crippen LogP contribution in [-0.2, 0) is 6.54 Å². The Hall–Kier alpha value is -3.09. The monoisotopic (exact) mass is 447 g/mol. The topological polar surface area (TPSA) is 55.2 Å². The van der Waals surface area contributed by atoms with Crippen molar-refractivity contribution in [1.82, 2.24) is 14.5 Å². The van der Waals surface area contributed by atoms with Crippen molar-refractivity contribution in [2.24, 2.45) is 0 Å². The van der Waals surface area contributed by atoms with E-state index in [-0.39, 0.29) is 11.8 Å². The van der Waals surface area contributed by atoms with Crippen molar-refractivity contribution in [2.45, 2.75) is 11.7 Å². The van der Waals surface area contributed by atoms with E-state index in [2.05, 4.69) is 16.7 Å². The van der Waals surface area contributed by atoms with Crippen LogP contribution in [-0.4, -0.2) is 38.6 Å². The minimum absolute atomic E-state index is 0.231. The van der Waals surface area contributed by atoms with Gasteiger partial charge < -0.3 is 4.57 Å². The third-order valence-corrected chi connectivity index (χ3v) is 6.47. The number of amides is 2. The maximum absolute atomic E-state index is 12.6. The van der Waals surface area contributed by atoms with Crippen LogP contribution in [0.1, 0.15) is 26.3 Å². The first-order chi connectivity index (χ1) is 15.1. The second-order valence-electron chi connectivity index (χ2n) is 7.26. The molecular weight excluding hydrogens is 430 g/mol. The van der Waals surface area contributed by atoms with Crippen molar-refractivity contribution < 1.29 is 9.59 Å². The molecule has 31 heavy (non-hydrogen) atoms. The number of carbonyl (C=O) groups is 2. The van der Waals surface area contributed by atoms with Crippen LogP contribution < -0.4 is 0 Å². The number of hydrogen-bond acceptors (Lipinski definition) is 4. The zero-order valence-corrected chi connectivity index (χ0v) is 18.1. The van der Waals surface area contributed by atoms with Gasteiger partial charge in [-0.1, -0.05) is 65.8 Å². The van der Waals surface area contributed by atoms with Gasteiger partial charge in [0.15, 0.2) is 5.16 Å². The zero-order chi connectivity index (χ0) is 21.4. The molecule has 0 saturated heterocycles. The van der Waals surface area contributed by atoms with Crippen LogP contribution in [0.4, 0.5) is 0 Å². The minimum Gasteiger partial charge on any atom is -0.314 e. The Balaban J connectivity index is 1.37. The first kappa shape index (κ1) is 19.8. The van der Waals surface area contributed by atoms with Gasteiger partial charge >= 0.3 is 0 Å². The molecule has 0 N–H and O–H groups in total. The average molecular weight is 448 g/mol. The molecule has 4 aromatic rings. The lowest BCUT2D eigenvalue weighted by atomic mass is 10.1. The van der Waals surface area contributed by atoms with Crippen molar-refractivity contribution in [3.63, 3.8) is 0 Å². The number of hydrogen-bond donors (Lipinski definition) is 0. The maximum atomic E-state index is 12.6. The van der Waals surface area contributed by atoms with Crippen LogP contribution in [0.25, 0.3) is 11.0 Å². The molecule has 0 spiro atoms. The van der Waals surface area contributed by atoms with Crippen LogP contribution >= 0.6 is 23.4 Å². The number of thioether (sulfide) groups is 1. The number of imidazole rings is 1. The van der Waals surface area contributed by atoms with E-state index in [4.69, 9.17) is 16.6 Å². The first-order valence-corrected chi connectivity index (χ1v) is 11.3. The highest BCUT2D eigenvalue weighted by Gasteiger charge is 2.34. The second-order valence-corrected chi connectivity index (χ2v) is 8.75. The molecule has 0 bridgehead atoms. The summed E-state index contributed by atoms with van der Waals surface area (Å²) in [5.74, 6) is 0.0914. The molecule has 2 amide bonds. The lowest BCUT2D eigenvalue weighted by molar-refractivity contribution is 0.0664. The van der Waals surface area contributed by atoms with Crippen molar-refractivity contribution in [3.05, 3.63) is 94.5 Å². The number of carbonyl (C=O) groups excluding carboxylic acids is 2. The molecule has 0 fully saturated rings. The molecule has 7 heteroatoms. The van der Waals surface area contributed by atoms with E-state index in [0.717, 1.165) is 16.2 Å². The second kappa shape index (κ2) is 8.21. The van der Waals surface area contributed by atoms with Gasteiger partial charge in [-0.3, -0.25) is 14.5 Å². The molecule has 1 aliphatic heterocycles. The van der Waals surface area contributed by atoms with Crippen LogP contribution in [0, 0.1) is 0 Å². The number of fused-ring (bicyclic) bond motifs is 2. The summed E-state index contributed by atoms with van der Waals surface area (Å²) >= 11 is 7.70. The Bertz CT molecular complexity index is 1270. The quantitative estimate of drug-likeness (QED) is 0.304. The lowest BCUT2D eigenvalue weighted by Crippen LogP contribution is -2.31. The number of aromatic nitrogens is 2. The molecule has 2 heterocycles. The summed E-state index contributed by atoms with van der Waals surface area (Å²) in [4.78, 5) is 31.3. The van der Waals surface area contributed by atoms with Crippen molar-refractivity contribution >= 4 is 46.2 Å². The molecule has 1 aliphatic rings. The van der Waals surface area contributed by atoms with Crippen LogP contribution in [0.2, 0.25) is 5.02 Å². The summed E-state index contributed by atoms with van der Waals surface area (Å²) in [5, 5.41) is 1.47. The Labute approximate surface area is 188 Å². The molecule has 3 aromatic carbocycles. The van der Waals surface area contributed by atoms with Crippen molar-refractivity contribution in [3.8, 4) is 0 Å². The number of benzene rings is 3. The summed E-state index contributed by atoms with van der Waals surface area (Å²) in [6.07, 6.45) is 0. The van der Waals surface area contributed by atoms with Crippen molar-refractivity contribution in [2.75, 3.05) is 12.3 Å². The SMILES string of the molecule is O=C1c2ccccc2C(=O)N1CCSc1nc2cc(Cl)ccc2n1Cc1ccccc1. The molecule has 0 unspecified atom stereocenters. The third kappa shape index (κ3) is 3.73. The predicted molar refractivity (Wildman–Crippen MR) is 123 cm³/mol. The Kier molecular flexibility index (Phi) is 5.26. The Morgan fingerprint density at radius 1 is 0.871 bits per heavy atom. The van der Waals surface area contributed by atoms with Gasteiger partial charge in [-0.25, -0.2) is 4.98 Å². The largest absolute Gasteiger partial charge is 0.314 e. The predicted octanol–water partition coefficient (Wildman–Crippen LogP) is 5.13. The molecular formula is C24H18ClN3O2S. The molecule has 0 radical (unpaired) electrons. The molecule has 5 rings (SSSR count). The van der Waals surface area contributed by atoms with Crippen LogP contribution in [0.5, 0.6) is 0 Å². The van der Waals surface area contributed by atoms with E-state index in [1.54, 1.807) is 24.3 Å². The number of imide groups is 1. The van der Waals surface area contributed by atoms with Gasteiger partial charge in [0.2, 0.25) is 0 Å². The summed E-state index contributed by atoms with van der Waals surface area (Å²) in [6.45, 7) is 1.00. The summed E-state index contributed by atoms with van der Waals surface area (Å²) in [5.41, 5.74) is 3.94. The van der Waals surface area contributed by atoms with E-state index in [1.165, 1.54) is 22.2 Å². The highest BCUT2D eigenvalue weighted by atomic mass is 35.5. The van der Waals surface area contributed by atoms with Gasteiger partial charge in [-0.05, 0) is 35.9 Å². The summed E-state index contributed by atoms with van der Waals surface area (Å²) < 4.78 is 2.15. The van der Waals surface area contributed by atoms with E-state index < -0.39 is 0 Å². The van der Waals surface area contributed by atoms with E-state index in [9.17, 15) is 9.59 Å². The average Bonchev–Trinajstić information content (AvgIpc) is 3.24. The molecule has 0 aliphatic carbocycles. The normalized spacial score (nSPS) is 13.3. The van der Waals surface area contributed by atoms with E-state index >= 15 is 0 Å². The first-order valence-electron chi connectivity index (χ1n) is 9.89. The van der Waals surface area contributed by atoms with Crippen molar-refractivity contribution in [1.29, 1.82) is 0 Å². The Morgan fingerprint density at radius 2 is 1.55 bits per heavy atom. The summed E-state index contributed by atoms with van der Waals surface area (Å²) in [7, 11) is 0. The van der Waals surface area contributed by atoms with Gasteiger partial charge in [0.25, 0.3) is 11.8 Å². The van der Waals surface area contributed by atoms with Gasteiger partial charge in [0.1, 0.15) is 0 Å². The number of rotatable bonds is 6. The fourth-order valence-corrected chi connectivity index (χ4v) is 4.88. The zero-order valence-electron chi connectivity index (χ0n) is 16.5. The van der Waals surface area contributed by atoms with Gasteiger partial charge in [-0.2, -0.15) is 0 Å². The highest BCUT2D eigenvalue weighted by Crippen LogP contribution is 2.28. The van der Waals surface area contributed by atoms with E-state index in [1.807, 2.05) is 36.4 Å². The van der Waals surface area contributed by atoms with E-state index in [0.29, 0.717) is 35.0 Å². The molecule has 0 atom stereocenters. The van der Waals surface area contributed by atoms with Gasteiger partial charge in [-0.15, -0.1) is 0 Å². The third-order valence-electron chi connectivity index (χ3n) is 5.28. The molecule has 0 saturated carbocycles. The Morgan fingerprint density at radius 3 is 2.26 bits per heavy atom. The standard InChI is InChI=1S/C24H18ClN3O2S/c25-17-10-11-21-20(14-17)26-24(28(21)15-16-6-2-1-3-7-16)31-13-12-27-22(29)18-8-4-5-9-19(18)23(27)30/h1-11,14H,12-13,15H2. The van der Waals surface area contributed by atoms with Crippen LogP contribution in [0.3, 0.4) is 0 Å². The minimum atomic E-state index is -0.231. The highest BCUT2D eigenvalue weighted by molar-refractivity contribution is 7.99. The summed E-state index contributed by atoms with van der Waals surface area (Å²) in [6, 6.07) is 22.8. The lowest BCUT2D eigenvalue weighted by Gasteiger charge is -2.14. The molecule has 1 aromatic heterocycles. The van der Waals surface area contributed by atoms with Crippen LogP contribution in [0.15, 0.2) is 78.0 Å². The van der Waals surface area contributed by atoms with Gasteiger partial charge in [0.05, 0.1) is 28.7 Å². The number of halogens is 1. The molecule has 5 nitrogen and oxygen atoms in total. The molecule has 154 valence electrons. The van der Waals surface area contributed by atoms with Gasteiger partial charge in [0, 0.05) is 17.3 Å². The maximum Gasteiger partial charge on any atom is 0.261 e.